The summed E-state index contributed by atoms with van der Waals surface area (Å²) in [6.07, 6.45) is 9.03. The third-order valence-corrected chi connectivity index (χ3v) is 6.87. The molecule has 5 nitrogen and oxygen atoms in total. The Morgan fingerprint density at radius 1 is 0.906 bits per heavy atom. The van der Waals surface area contributed by atoms with Gasteiger partial charge in [0.05, 0.1) is 0 Å². The van der Waals surface area contributed by atoms with Crippen molar-refractivity contribution in [1.82, 2.24) is 10.2 Å². The molecular weight excluding hydrogens is 422 g/mol. The monoisotopic (exact) mass is 453 g/mol. The Morgan fingerprint density at radius 2 is 1.66 bits per heavy atom. The van der Waals surface area contributed by atoms with E-state index in [0.717, 1.165) is 49.0 Å². The molecule has 170 valence electrons. The van der Waals surface area contributed by atoms with E-state index in [9.17, 15) is 9.59 Å². The van der Waals surface area contributed by atoms with E-state index in [-0.39, 0.29) is 23.9 Å². The summed E-state index contributed by atoms with van der Waals surface area (Å²) in [6.45, 7) is 1.38. The van der Waals surface area contributed by atoms with E-state index in [2.05, 4.69) is 16.7 Å². The minimum absolute atomic E-state index is 0.0203. The van der Waals surface area contributed by atoms with Gasteiger partial charge in [-0.2, -0.15) is 0 Å². The molecule has 2 fully saturated rings. The molecule has 1 atom stereocenters. The van der Waals surface area contributed by atoms with Crippen LogP contribution < -0.4 is 10.6 Å². The first-order chi connectivity index (χ1) is 15.6. The predicted molar refractivity (Wildman–Crippen MR) is 129 cm³/mol. The summed E-state index contributed by atoms with van der Waals surface area (Å²) in [6, 6.07) is 15.3. The molecule has 1 aliphatic heterocycles. The predicted octanol–water partition coefficient (Wildman–Crippen LogP) is 6.20. The lowest BCUT2D eigenvalue weighted by molar-refractivity contribution is 0.0933. The van der Waals surface area contributed by atoms with Gasteiger partial charge in [-0.3, -0.25) is 4.79 Å². The molecule has 1 saturated heterocycles. The van der Waals surface area contributed by atoms with Crippen LogP contribution in [0.1, 0.15) is 73.2 Å². The average Bonchev–Trinajstić information content (AvgIpc) is 3.09. The number of hydrogen-bond acceptors (Lipinski definition) is 2. The number of piperidine rings is 1. The molecule has 4 rings (SSSR count). The maximum absolute atomic E-state index is 12.9. The lowest BCUT2D eigenvalue weighted by atomic mass is 9.89. The first-order valence-corrected chi connectivity index (χ1v) is 12.2. The highest BCUT2D eigenvalue weighted by atomic mass is 35.5. The number of urea groups is 1. The number of amides is 3. The quantitative estimate of drug-likeness (QED) is 0.541. The lowest BCUT2D eigenvalue weighted by Gasteiger charge is -2.33. The highest BCUT2D eigenvalue weighted by molar-refractivity contribution is 6.30. The number of halogens is 1. The normalized spacial score (nSPS) is 19.8. The van der Waals surface area contributed by atoms with Crippen molar-refractivity contribution in [3.05, 3.63) is 64.7 Å². The summed E-state index contributed by atoms with van der Waals surface area (Å²) >= 11 is 5.93. The van der Waals surface area contributed by atoms with Crippen molar-refractivity contribution in [3.8, 4) is 0 Å². The summed E-state index contributed by atoms with van der Waals surface area (Å²) < 4.78 is 0. The molecule has 0 spiro atoms. The number of rotatable bonds is 4. The van der Waals surface area contributed by atoms with Crippen molar-refractivity contribution < 1.29 is 9.59 Å². The third kappa shape index (κ3) is 6.04. The molecular formula is C26H32ClN3O2. The van der Waals surface area contributed by atoms with Gasteiger partial charge in [0, 0.05) is 41.3 Å². The molecule has 32 heavy (non-hydrogen) atoms. The molecule has 1 saturated carbocycles. The number of hydrogen-bond donors (Lipinski definition) is 2. The molecule has 0 bridgehead atoms. The van der Waals surface area contributed by atoms with Crippen LogP contribution in [0.15, 0.2) is 48.5 Å². The maximum Gasteiger partial charge on any atom is 0.321 e. The van der Waals surface area contributed by atoms with Gasteiger partial charge in [0.2, 0.25) is 0 Å². The molecule has 2 N–H and O–H groups in total. The number of carbonyl (C=O) groups excluding carboxylic acids is 2. The van der Waals surface area contributed by atoms with Gasteiger partial charge >= 0.3 is 6.03 Å². The minimum Gasteiger partial charge on any atom is -0.349 e. The summed E-state index contributed by atoms with van der Waals surface area (Å²) in [5, 5.41) is 6.84. The smallest absolute Gasteiger partial charge is 0.321 e. The Bertz CT molecular complexity index is 923. The summed E-state index contributed by atoms with van der Waals surface area (Å²) in [5.41, 5.74) is 2.58. The molecule has 1 heterocycles. The average molecular weight is 454 g/mol. The van der Waals surface area contributed by atoms with Crippen LogP contribution in [0.25, 0.3) is 0 Å². The lowest BCUT2D eigenvalue weighted by Crippen LogP contribution is -2.41. The van der Waals surface area contributed by atoms with Crippen LogP contribution in [0.3, 0.4) is 0 Å². The topological polar surface area (TPSA) is 61.4 Å². The largest absolute Gasteiger partial charge is 0.349 e. The van der Waals surface area contributed by atoms with Gasteiger partial charge in [-0.05, 0) is 67.6 Å². The Labute approximate surface area is 195 Å². The standard InChI is InChI=1S/C26H32ClN3O2/c27-22-12-14-24(15-13-22)29-26(32)30-16-6-9-21(18-30)19-7-5-8-20(17-19)25(31)28-23-10-3-1-2-4-11-23/h5,7-8,12-15,17,21,23H,1-4,6,9-11,16,18H2,(H,28,31)(H,29,32)/t21-/m0/s1. The Balaban J connectivity index is 1.38. The van der Waals surface area contributed by atoms with Crippen molar-refractivity contribution in [2.24, 2.45) is 0 Å². The van der Waals surface area contributed by atoms with Gasteiger partial charge < -0.3 is 15.5 Å². The molecule has 0 radical (unpaired) electrons. The van der Waals surface area contributed by atoms with Gasteiger partial charge in [-0.1, -0.05) is 49.4 Å². The van der Waals surface area contributed by atoms with Crippen LogP contribution in [0.5, 0.6) is 0 Å². The molecule has 1 aliphatic carbocycles. The molecule has 3 amide bonds. The van der Waals surface area contributed by atoms with Crippen LogP contribution in [0.2, 0.25) is 5.02 Å². The fourth-order valence-corrected chi connectivity index (χ4v) is 4.92. The fraction of sp³-hybridized carbons (Fsp3) is 0.462. The van der Waals surface area contributed by atoms with Crippen molar-refractivity contribution >= 4 is 29.2 Å². The number of benzene rings is 2. The first kappa shape index (κ1) is 22.7. The number of likely N-dealkylation sites (tertiary alicyclic amines) is 1. The molecule has 0 aromatic heterocycles. The Morgan fingerprint density at radius 3 is 2.41 bits per heavy atom. The number of anilines is 1. The zero-order valence-electron chi connectivity index (χ0n) is 18.5. The maximum atomic E-state index is 12.9. The Kier molecular flexibility index (Phi) is 7.69. The van der Waals surface area contributed by atoms with Gasteiger partial charge in [-0.25, -0.2) is 4.79 Å². The van der Waals surface area contributed by atoms with Gasteiger partial charge in [0.15, 0.2) is 0 Å². The van der Waals surface area contributed by atoms with Crippen molar-refractivity contribution in [2.75, 3.05) is 18.4 Å². The van der Waals surface area contributed by atoms with Gasteiger partial charge in [0.1, 0.15) is 0 Å². The Hall–Kier alpha value is -2.53. The summed E-state index contributed by atoms with van der Waals surface area (Å²) in [4.78, 5) is 27.5. The van der Waals surface area contributed by atoms with E-state index < -0.39 is 0 Å². The minimum atomic E-state index is -0.0979. The molecule has 0 unspecified atom stereocenters. The zero-order chi connectivity index (χ0) is 22.3. The second-order valence-corrected chi connectivity index (χ2v) is 9.45. The van der Waals surface area contributed by atoms with Gasteiger partial charge in [0.25, 0.3) is 5.91 Å². The first-order valence-electron chi connectivity index (χ1n) is 11.8. The van der Waals surface area contributed by atoms with E-state index in [1.807, 2.05) is 23.1 Å². The van der Waals surface area contributed by atoms with Crippen LogP contribution >= 0.6 is 11.6 Å². The molecule has 2 aliphatic rings. The summed E-state index contributed by atoms with van der Waals surface area (Å²) in [7, 11) is 0. The summed E-state index contributed by atoms with van der Waals surface area (Å²) in [5.74, 6) is 0.247. The van der Waals surface area contributed by atoms with Crippen molar-refractivity contribution in [1.29, 1.82) is 0 Å². The highest BCUT2D eigenvalue weighted by Gasteiger charge is 2.25. The number of carbonyl (C=O) groups is 2. The SMILES string of the molecule is O=C(NC1CCCCCC1)c1cccc([C@H]2CCCN(C(=O)Nc3ccc(Cl)cc3)C2)c1. The zero-order valence-corrected chi connectivity index (χ0v) is 19.2. The van der Waals surface area contributed by atoms with E-state index in [0.29, 0.717) is 11.6 Å². The van der Waals surface area contributed by atoms with E-state index >= 15 is 0 Å². The number of nitrogens with one attached hydrogen (secondary N) is 2. The van der Waals surface area contributed by atoms with Crippen LogP contribution in [0, 0.1) is 0 Å². The second kappa shape index (κ2) is 10.9. The van der Waals surface area contributed by atoms with E-state index in [1.165, 1.54) is 25.7 Å². The molecule has 2 aromatic carbocycles. The van der Waals surface area contributed by atoms with Crippen LogP contribution in [0.4, 0.5) is 10.5 Å². The van der Waals surface area contributed by atoms with Crippen molar-refractivity contribution in [3.63, 3.8) is 0 Å². The van der Waals surface area contributed by atoms with Crippen LogP contribution in [-0.2, 0) is 0 Å². The van der Waals surface area contributed by atoms with E-state index in [1.54, 1.807) is 24.3 Å². The fourth-order valence-electron chi connectivity index (χ4n) is 4.80. The molecule has 6 heteroatoms. The van der Waals surface area contributed by atoms with Gasteiger partial charge in [-0.15, -0.1) is 0 Å². The van der Waals surface area contributed by atoms with E-state index in [4.69, 9.17) is 11.6 Å². The molecule has 2 aromatic rings. The highest BCUT2D eigenvalue weighted by Crippen LogP contribution is 2.28. The van der Waals surface area contributed by atoms with Crippen molar-refractivity contribution in [2.45, 2.75) is 63.3 Å². The van der Waals surface area contributed by atoms with Crippen LogP contribution in [-0.4, -0.2) is 36.0 Å². The third-order valence-electron chi connectivity index (χ3n) is 6.61. The second-order valence-electron chi connectivity index (χ2n) is 9.01. The number of nitrogens with zero attached hydrogens (tertiary/aromatic N) is 1.